The fourth-order valence-corrected chi connectivity index (χ4v) is 3.82. The molecule has 0 bridgehead atoms. The van der Waals surface area contributed by atoms with Gasteiger partial charge in [-0.3, -0.25) is 9.78 Å². The Hall–Kier alpha value is -1.23. The van der Waals surface area contributed by atoms with Crippen molar-refractivity contribution in [1.29, 1.82) is 0 Å². The number of hydrogen-bond donors (Lipinski definition) is 2. The van der Waals surface area contributed by atoms with E-state index in [2.05, 4.69) is 21.9 Å². The highest BCUT2D eigenvalue weighted by molar-refractivity contribution is 8.00. The number of anilines is 1. The smallest absolute Gasteiger partial charge is 0.253 e. The van der Waals surface area contributed by atoms with Gasteiger partial charge < -0.3 is 10.6 Å². The van der Waals surface area contributed by atoms with Gasteiger partial charge in [0.05, 0.1) is 17.4 Å². The molecule has 0 radical (unpaired) electrons. The van der Waals surface area contributed by atoms with Gasteiger partial charge in [0.2, 0.25) is 0 Å². The average Bonchev–Trinajstić information content (AvgIpc) is 2.54. The van der Waals surface area contributed by atoms with E-state index in [9.17, 15) is 4.79 Å². The lowest BCUT2D eigenvalue weighted by Crippen LogP contribution is -2.41. The van der Waals surface area contributed by atoms with Gasteiger partial charge in [0.15, 0.2) is 0 Å². The van der Waals surface area contributed by atoms with Gasteiger partial charge in [0.1, 0.15) is 0 Å². The number of aromatic nitrogens is 1. The number of amides is 1. The first kappa shape index (κ1) is 16.1. The Labute approximate surface area is 131 Å². The van der Waals surface area contributed by atoms with Crippen LogP contribution in [0.2, 0.25) is 0 Å². The van der Waals surface area contributed by atoms with Crippen molar-refractivity contribution in [3.63, 3.8) is 0 Å². The van der Waals surface area contributed by atoms with E-state index in [1.54, 1.807) is 18.5 Å². The van der Waals surface area contributed by atoms with Crippen LogP contribution in [0.5, 0.6) is 0 Å². The summed E-state index contributed by atoms with van der Waals surface area (Å²) in [6.45, 7) is 3.54. The minimum absolute atomic E-state index is 0.00708. The largest absolute Gasteiger partial charge is 0.383 e. The minimum Gasteiger partial charge on any atom is -0.383 e. The molecule has 1 heterocycles. The van der Waals surface area contributed by atoms with E-state index in [-0.39, 0.29) is 10.7 Å². The molecule has 1 aromatic heterocycles. The summed E-state index contributed by atoms with van der Waals surface area (Å²) in [6, 6.07) is 1.78. The molecular weight excluding hydrogens is 282 g/mol. The minimum atomic E-state index is -0.00708. The Morgan fingerprint density at radius 1 is 1.38 bits per heavy atom. The summed E-state index contributed by atoms with van der Waals surface area (Å²) in [5, 5.41) is 6.32. The molecule has 4 nitrogen and oxygen atoms in total. The third-order valence-electron chi connectivity index (χ3n) is 4.20. The van der Waals surface area contributed by atoms with Gasteiger partial charge in [-0.2, -0.15) is 11.8 Å². The predicted molar refractivity (Wildman–Crippen MR) is 90.1 cm³/mol. The average molecular weight is 307 g/mol. The van der Waals surface area contributed by atoms with Gasteiger partial charge in [-0.1, -0.05) is 19.3 Å². The first-order valence-corrected chi connectivity index (χ1v) is 8.94. The fourth-order valence-electron chi connectivity index (χ4n) is 2.91. The summed E-state index contributed by atoms with van der Waals surface area (Å²) in [5.74, 6) is -0.00708. The summed E-state index contributed by atoms with van der Waals surface area (Å²) in [4.78, 5) is 16.5. The van der Waals surface area contributed by atoms with Crippen LogP contribution in [0.15, 0.2) is 18.5 Å². The Balaban J connectivity index is 2.01. The van der Waals surface area contributed by atoms with Crippen LogP contribution in [0, 0.1) is 0 Å². The number of rotatable bonds is 6. The molecule has 116 valence electrons. The Morgan fingerprint density at radius 2 is 2.14 bits per heavy atom. The van der Waals surface area contributed by atoms with Gasteiger partial charge >= 0.3 is 0 Å². The first-order chi connectivity index (χ1) is 10.2. The number of carbonyl (C=O) groups is 1. The van der Waals surface area contributed by atoms with Crippen LogP contribution in [0.1, 0.15) is 49.4 Å². The predicted octanol–water partition coefficient (Wildman–Crippen LogP) is 3.31. The van der Waals surface area contributed by atoms with Crippen LogP contribution in [0.3, 0.4) is 0 Å². The molecule has 0 aromatic carbocycles. The number of hydrogen-bond acceptors (Lipinski definition) is 4. The van der Waals surface area contributed by atoms with Gasteiger partial charge in [0, 0.05) is 24.0 Å². The lowest BCUT2D eigenvalue weighted by atomic mass is 9.88. The molecule has 1 aromatic rings. The zero-order valence-electron chi connectivity index (χ0n) is 12.9. The molecule has 1 aliphatic rings. The Bertz CT molecular complexity index is 472. The lowest BCUT2D eigenvalue weighted by Gasteiger charge is -2.35. The molecule has 1 saturated carbocycles. The maximum atomic E-state index is 12.5. The summed E-state index contributed by atoms with van der Waals surface area (Å²) < 4.78 is 0.222. The van der Waals surface area contributed by atoms with E-state index >= 15 is 0 Å². The van der Waals surface area contributed by atoms with Crippen LogP contribution in [0.25, 0.3) is 0 Å². The molecule has 2 rings (SSSR count). The third kappa shape index (κ3) is 4.13. The Morgan fingerprint density at radius 3 is 2.81 bits per heavy atom. The monoisotopic (exact) mass is 307 g/mol. The zero-order valence-corrected chi connectivity index (χ0v) is 13.8. The molecule has 0 spiro atoms. The molecule has 0 saturated heterocycles. The van der Waals surface area contributed by atoms with Crippen molar-refractivity contribution in [3.05, 3.63) is 24.0 Å². The number of nitrogens with zero attached hydrogens (tertiary/aromatic N) is 1. The summed E-state index contributed by atoms with van der Waals surface area (Å²) >= 11 is 1.90. The van der Waals surface area contributed by atoms with Crippen LogP contribution in [0.4, 0.5) is 5.69 Å². The van der Waals surface area contributed by atoms with Crippen molar-refractivity contribution in [3.8, 4) is 0 Å². The number of thioether (sulfide) groups is 1. The molecule has 0 unspecified atom stereocenters. The van der Waals surface area contributed by atoms with Crippen LogP contribution in [-0.4, -0.2) is 35.0 Å². The van der Waals surface area contributed by atoms with Crippen molar-refractivity contribution >= 4 is 23.4 Å². The fraction of sp³-hybridized carbons (Fsp3) is 0.625. The number of carbonyl (C=O) groups excluding carboxylic acids is 1. The van der Waals surface area contributed by atoms with Crippen molar-refractivity contribution < 1.29 is 4.79 Å². The van der Waals surface area contributed by atoms with Crippen LogP contribution >= 0.6 is 11.8 Å². The SMILES string of the molecule is CCNc1cnccc1C(=O)NCC1(SC)CCCCC1. The van der Waals surface area contributed by atoms with Crippen molar-refractivity contribution in [1.82, 2.24) is 10.3 Å². The summed E-state index contributed by atoms with van der Waals surface area (Å²) in [6.07, 6.45) is 11.8. The lowest BCUT2D eigenvalue weighted by molar-refractivity contribution is 0.0947. The second kappa shape index (κ2) is 7.69. The van der Waals surface area contributed by atoms with E-state index in [0.29, 0.717) is 5.56 Å². The molecule has 2 N–H and O–H groups in total. The Kier molecular flexibility index (Phi) is 5.91. The first-order valence-electron chi connectivity index (χ1n) is 7.72. The van der Waals surface area contributed by atoms with Gasteiger partial charge in [0.25, 0.3) is 5.91 Å². The highest BCUT2D eigenvalue weighted by Crippen LogP contribution is 2.38. The number of nitrogens with one attached hydrogen (secondary N) is 2. The molecule has 1 amide bonds. The maximum absolute atomic E-state index is 12.5. The molecule has 1 fully saturated rings. The van der Waals surface area contributed by atoms with Crippen molar-refractivity contribution in [2.75, 3.05) is 24.7 Å². The van der Waals surface area contributed by atoms with Gasteiger partial charge in [-0.05, 0) is 32.1 Å². The van der Waals surface area contributed by atoms with Crippen molar-refractivity contribution in [2.24, 2.45) is 0 Å². The summed E-state index contributed by atoms with van der Waals surface area (Å²) in [5.41, 5.74) is 1.48. The van der Waals surface area contributed by atoms with E-state index in [0.717, 1.165) is 18.8 Å². The third-order valence-corrected chi connectivity index (χ3v) is 5.62. The zero-order chi connectivity index (χ0) is 15.1. The van der Waals surface area contributed by atoms with E-state index < -0.39 is 0 Å². The van der Waals surface area contributed by atoms with Gasteiger partial charge in [-0.25, -0.2) is 0 Å². The summed E-state index contributed by atoms with van der Waals surface area (Å²) in [7, 11) is 0. The molecule has 5 heteroatoms. The standard InChI is InChI=1S/C16H25N3OS/c1-3-18-14-11-17-10-7-13(14)15(20)19-12-16(21-2)8-5-4-6-9-16/h7,10-11,18H,3-6,8-9,12H2,1-2H3,(H,19,20). The normalized spacial score (nSPS) is 17.2. The molecule has 0 aliphatic heterocycles. The molecule has 0 atom stereocenters. The van der Waals surface area contributed by atoms with Gasteiger partial charge in [-0.15, -0.1) is 0 Å². The van der Waals surface area contributed by atoms with Crippen molar-refractivity contribution in [2.45, 2.75) is 43.8 Å². The number of pyridine rings is 1. The van der Waals surface area contributed by atoms with E-state index in [1.165, 1.54) is 32.1 Å². The maximum Gasteiger partial charge on any atom is 0.253 e. The highest BCUT2D eigenvalue weighted by Gasteiger charge is 2.31. The van der Waals surface area contributed by atoms with E-state index in [1.807, 2.05) is 18.7 Å². The second-order valence-electron chi connectivity index (χ2n) is 5.58. The van der Waals surface area contributed by atoms with Crippen LogP contribution in [-0.2, 0) is 0 Å². The van der Waals surface area contributed by atoms with Crippen LogP contribution < -0.4 is 10.6 Å². The highest BCUT2D eigenvalue weighted by atomic mass is 32.2. The topological polar surface area (TPSA) is 54.0 Å². The molecular formula is C16H25N3OS. The molecule has 1 aliphatic carbocycles. The van der Waals surface area contributed by atoms with E-state index in [4.69, 9.17) is 0 Å². The second-order valence-corrected chi connectivity index (χ2v) is 6.86. The molecule has 21 heavy (non-hydrogen) atoms. The quantitative estimate of drug-likeness (QED) is 0.846.